The second-order valence-corrected chi connectivity index (χ2v) is 5.96. The van der Waals surface area contributed by atoms with Gasteiger partial charge in [-0.2, -0.15) is 5.10 Å². The first-order chi connectivity index (χ1) is 11.8. The summed E-state index contributed by atoms with van der Waals surface area (Å²) >= 11 is 0. The summed E-state index contributed by atoms with van der Waals surface area (Å²) in [6.07, 6.45) is 4.34. The number of aromatic nitrogens is 2. The molecule has 2 aromatic carbocycles. The van der Waals surface area contributed by atoms with Crippen molar-refractivity contribution >= 4 is 11.6 Å². The zero-order chi connectivity index (χ0) is 16.4. The second kappa shape index (κ2) is 6.29. The monoisotopic (exact) mass is 318 g/mol. The summed E-state index contributed by atoms with van der Waals surface area (Å²) in [5.74, 6) is 0.000522. The Balaban J connectivity index is 1.43. The van der Waals surface area contributed by atoms with Crippen LogP contribution in [0.3, 0.4) is 0 Å². The first-order valence-electron chi connectivity index (χ1n) is 8.00. The second-order valence-electron chi connectivity index (χ2n) is 5.96. The molecule has 24 heavy (non-hydrogen) atoms. The van der Waals surface area contributed by atoms with Gasteiger partial charge in [0.25, 0.3) is 0 Å². The van der Waals surface area contributed by atoms with Crippen molar-refractivity contribution in [2.45, 2.75) is 19.0 Å². The average molecular weight is 318 g/mol. The molecule has 5 nitrogen and oxygen atoms in total. The molecule has 1 amide bonds. The Kier molecular flexibility index (Phi) is 3.84. The minimum absolute atomic E-state index is 0.000522. The van der Waals surface area contributed by atoms with E-state index in [1.54, 1.807) is 6.20 Å². The smallest absolute Gasteiger partial charge is 0.241 e. The van der Waals surface area contributed by atoms with Gasteiger partial charge < -0.3 is 10.6 Å². The largest absolute Gasteiger partial charge is 0.325 e. The number of fused-ring (bicyclic) bond motifs is 1. The van der Waals surface area contributed by atoms with Crippen molar-refractivity contribution in [2.75, 3.05) is 5.32 Å². The number of nitrogens with zero attached hydrogens (tertiary/aromatic N) is 1. The van der Waals surface area contributed by atoms with Gasteiger partial charge >= 0.3 is 0 Å². The van der Waals surface area contributed by atoms with E-state index >= 15 is 0 Å². The number of anilines is 1. The van der Waals surface area contributed by atoms with Crippen LogP contribution in [-0.4, -0.2) is 22.1 Å². The lowest BCUT2D eigenvalue weighted by Crippen LogP contribution is -2.44. The van der Waals surface area contributed by atoms with Crippen molar-refractivity contribution in [2.24, 2.45) is 0 Å². The standard InChI is InChI=1S/C19H18N4O/c24-19(18-9-14-3-1-2-4-15(14)10-20-18)23-17-7-5-13(6-8-17)16-11-21-22-12-16/h1-8,11-12,18,20H,9-10H2,(H,21,22)(H,23,24)/t18-/m1/s1. The van der Waals surface area contributed by atoms with E-state index in [2.05, 4.69) is 33.0 Å². The normalized spacial score (nSPS) is 16.4. The van der Waals surface area contributed by atoms with E-state index in [0.29, 0.717) is 0 Å². The molecule has 4 rings (SSSR count). The number of H-pyrrole nitrogens is 1. The maximum absolute atomic E-state index is 12.5. The van der Waals surface area contributed by atoms with E-state index in [9.17, 15) is 4.79 Å². The van der Waals surface area contributed by atoms with E-state index in [4.69, 9.17) is 0 Å². The molecule has 1 aliphatic rings. The fraction of sp³-hybridized carbons (Fsp3) is 0.158. The van der Waals surface area contributed by atoms with Gasteiger partial charge in [0, 0.05) is 24.0 Å². The summed E-state index contributed by atoms with van der Waals surface area (Å²) in [5.41, 5.74) is 5.40. The van der Waals surface area contributed by atoms with Gasteiger partial charge in [0.1, 0.15) is 0 Å². The third kappa shape index (κ3) is 2.94. The summed E-state index contributed by atoms with van der Waals surface area (Å²) in [4.78, 5) is 12.5. The first kappa shape index (κ1) is 14.7. The lowest BCUT2D eigenvalue weighted by molar-refractivity contribution is -0.118. The molecule has 3 N–H and O–H groups in total. The van der Waals surface area contributed by atoms with Crippen LogP contribution in [0.15, 0.2) is 60.9 Å². The Morgan fingerprint density at radius 3 is 2.58 bits per heavy atom. The molecule has 0 fully saturated rings. The van der Waals surface area contributed by atoms with Gasteiger partial charge in [-0.05, 0) is 35.2 Å². The van der Waals surface area contributed by atoms with Crippen LogP contribution >= 0.6 is 0 Å². The lowest BCUT2D eigenvalue weighted by Gasteiger charge is -2.25. The SMILES string of the molecule is O=C(Nc1ccc(-c2cn[nH]c2)cc1)[C@H]1Cc2ccccc2CN1. The topological polar surface area (TPSA) is 69.8 Å². The van der Waals surface area contributed by atoms with Crippen molar-refractivity contribution in [1.82, 2.24) is 15.5 Å². The van der Waals surface area contributed by atoms with E-state index in [-0.39, 0.29) is 11.9 Å². The molecule has 0 aliphatic carbocycles. The van der Waals surface area contributed by atoms with Crippen LogP contribution in [0, 0.1) is 0 Å². The molecular weight excluding hydrogens is 300 g/mol. The number of nitrogens with one attached hydrogen (secondary N) is 3. The summed E-state index contributed by atoms with van der Waals surface area (Å²) in [7, 11) is 0. The van der Waals surface area contributed by atoms with Gasteiger partial charge in [-0.3, -0.25) is 9.89 Å². The zero-order valence-corrected chi connectivity index (χ0v) is 13.1. The van der Waals surface area contributed by atoms with Crippen LogP contribution < -0.4 is 10.6 Å². The van der Waals surface area contributed by atoms with E-state index < -0.39 is 0 Å². The molecule has 0 bridgehead atoms. The molecule has 0 unspecified atom stereocenters. The van der Waals surface area contributed by atoms with Crippen molar-refractivity contribution in [3.05, 3.63) is 72.1 Å². The van der Waals surface area contributed by atoms with Gasteiger partial charge in [-0.15, -0.1) is 0 Å². The average Bonchev–Trinajstić information content (AvgIpc) is 3.16. The molecule has 2 heterocycles. The molecule has 1 atom stereocenters. The van der Waals surface area contributed by atoms with E-state index in [0.717, 1.165) is 29.8 Å². The maximum Gasteiger partial charge on any atom is 0.241 e. The Morgan fingerprint density at radius 1 is 1.04 bits per heavy atom. The molecule has 120 valence electrons. The van der Waals surface area contributed by atoms with Crippen molar-refractivity contribution in [3.63, 3.8) is 0 Å². The number of carbonyl (C=O) groups is 1. The quantitative estimate of drug-likeness (QED) is 0.695. The summed E-state index contributed by atoms with van der Waals surface area (Å²) in [6.45, 7) is 0.730. The summed E-state index contributed by atoms with van der Waals surface area (Å²) in [5, 5.41) is 13.0. The minimum atomic E-state index is -0.201. The highest BCUT2D eigenvalue weighted by Crippen LogP contribution is 2.21. The van der Waals surface area contributed by atoms with Gasteiger partial charge in [-0.1, -0.05) is 36.4 Å². The Hall–Kier alpha value is -2.92. The van der Waals surface area contributed by atoms with Gasteiger partial charge in [0.15, 0.2) is 0 Å². The number of carbonyl (C=O) groups excluding carboxylic acids is 1. The maximum atomic E-state index is 12.5. The predicted octanol–water partition coefficient (Wildman–Crippen LogP) is 2.73. The van der Waals surface area contributed by atoms with Crippen LogP contribution in [0.2, 0.25) is 0 Å². The lowest BCUT2D eigenvalue weighted by atomic mass is 9.95. The van der Waals surface area contributed by atoms with Gasteiger partial charge in [-0.25, -0.2) is 0 Å². The fourth-order valence-corrected chi connectivity index (χ4v) is 3.02. The van der Waals surface area contributed by atoms with Crippen molar-refractivity contribution < 1.29 is 4.79 Å². The van der Waals surface area contributed by atoms with Gasteiger partial charge in [0.05, 0.1) is 12.2 Å². The molecule has 0 saturated carbocycles. The van der Waals surface area contributed by atoms with Crippen LogP contribution in [0.5, 0.6) is 0 Å². The van der Waals surface area contributed by atoms with Crippen molar-refractivity contribution in [3.8, 4) is 11.1 Å². The highest BCUT2D eigenvalue weighted by molar-refractivity contribution is 5.95. The highest BCUT2D eigenvalue weighted by atomic mass is 16.2. The number of rotatable bonds is 3. The highest BCUT2D eigenvalue weighted by Gasteiger charge is 2.23. The Labute approximate surface area is 140 Å². The third-order valence-corrected chi connectivity index (χ3v) is 4.38. The van der Waals surface area contributed by atoms with Crippen molar-refractivity contribution in [1.29, 1.82) is 0 Å². The molecule has 3 aromatic rings. The van der Waals surface area contributed by atoms with E-state index in [1.807, 2.05) is 42.6 Å². The molecular formula is C19H18N4O. The number of benzene rings is 2. The summed E-state index contributed by atoms with van der Waals surface area (Å²) < 4.78 is 0. The third-order valence-electron chi connectivity index (χ3n) is 4.38. The van der Waals surface area contributed by atoms with Crippen LogP contribution in [0.4, 0.5) is 5.69 Å². The molecule has 0 saturated heterocycles. The minimum Gasteiger partial charge on any atom is -0.325 e. The Morgan fingerprint density at radius 2 is 1.83 bits per heavy atom. The number of hydrogen-bond donors (Lipinski definition) is 3. The molecule has 5 heteroatoms. The molecule has 1 aliphatic heterocycles. The molecule has 0 spiro atoms. The number of amides is 1. The summed E-state index contributed by atoms with van der Waals surface area (Å²) in [6, 6.07) is 15.8. The fourth-order valence-electron chi connectivity index (χ4n) is 3.02. The number of aromatic amines is 1. The van der Waals surface area contributed by atoms with Crippen LogP contribution in [-0.2, 0) is 17.8 Å². The predicted molar refractivity (Wildman–Crippen MR) is 93.4 cm³/mol. The van der Waals surface area contributed by atoms with Gasteiger partial charge in [0.2, 0.25) is 5.91 Å². The molecule has 0 radical (unpaired) electrons. The first-order valence-corrected chi connectivity index (χ1v) is 8.00. The Bertz CT molecular complexity index is 840. The van der Waals surface area contributed by atoms with Crippen LogP contribution in [0.1, 0.15) is 11.1 Å². The zero-order valence-electron chi connectivity index (χ0n) is 13.1. The number of hydrogen-bond acceptors (Lipinski definition) is 3. The van der Waals surface area contributed by atoms with Crippen LogP contribution in [0.25, 0.3) is 11.1 Å². The van der Waals surface area contributed by atoms with E-state index in [1.165, 1.54) is 11.1 Å². The molecule has 1 aromatic heterocycles.